The van der Waals surface area contributed by atoms with E-state index in [1.807, 2.05) is 33.8 Å². The molecule has 1 atom stereocenters. The standard InChI is InChI=1S/C13H18O3/c1-7-6-11(12(14)13(15)16-5)10(4)9(3)8(7)2/h6,12,14H,1-5H3. The minimum absolute atomic E-state index is 0.620. The molecule has 88 valence electrons. The summed E-state index contributed by atoms with van der Waals surface area (Å²) in [7, 11) is 1.27. The van der Waals surface area contributed by atoms with Crippen LogP contribution in [0.2, 0.25) is 0 Å². The van der Waals surface area contributed by atoms with Crippen LogP contribution in [0.3, 0.4) is 0 Å². The van der Waals surface area contributed by atoms with Crippen molar-refractivity contribution in [2.45, 2.75) is 33.8 Å². The van der Waals surface area contributed by atoms with Gasteiger partial charge in [0.05, 0.1) is 7.11 Å². The lowest BCUT2D eigenvalue weighted by atomic mass is 9.92. The summed E-state index contributed by atoms with van der Waals surface area (Å²) >= 11 is 0. The third-order valence-corrected chi connectivity index (χ3v) is 3.24. The van der Waals surface area contributed by atoms with E-state index in [4.69, 9.17) is 0 Å². The molecule has 1 aromatic rings. The highest BCUT2D eigenvalue weighted by Gasteiger charge is 2.21. The molecule has 0 radical (unpaired) electrons. The van der Waals surface area contributed by atoms with E-state index in [1.165, 1.54) is 12.7 Å². The van der Waals surface area contributed by atoms with Gasteiger partial charge in [0.2, 0.25) is 0 Å². The van der Waals surface area contributed by atoms with Gasteiger partial charge in [0.25, 0.3) is 0 Å². The summed E-state index contributed by atoms with van der Waals surface area (Å²) in [6, 6.07) is 1.85. The SMILES string of the molecule is COC(=O)C(O)c1cc(C)c(C)c(C)c1C. The maximum absolute atomic E-state index is 11.3. The molecular weight excluding hydrogens is 204 g/mol. The Hall–Kier alpha value is -1.35. The van der Waals surface area contributed by atoms with Crippen LogP contribution in [-0.2, 0) is 9.53 Å². The lowest BCUT2D eigenvalue weighted by Gasteiger charge is -2.17. The number of aliphatic hydroxyl groups excluding tert-OH is 1. The average Bonchev–Trinajstić information content (AvgIpc) is 2.29. The van der Waals surface area contributed by atoms with Crippen LogP contribution in [0.5, 0.6) is 0 Å². The van der Waals surface area contributed by atoms with Gasteiger partial charge in [0.15, 0.2) is 6.10 Å². The molecule has 0 aliphatic rings. The van der Waals surface area contributed by atoms with Crippen LogP contribution in [0.4, 0.5) is 0 Å². The molecule has 0 aromatic heterocycles. The number of aliphatic hydroxyl groups is 1. The molecule has 3 heteroatoms. The van der Waals surface area contributed by atoms with Crippen molar-refractivity contribution in [1.29, 1.82) is 0 Å². The van der Waals surface area contributed by atoms with Crippen LogP contribution in [0.25, 0.3) is 0 Å². The number of carbonyl (C=O) groups is 1. The maximum atomic E-state index is 11.3. The molecule has 1 unspecified atom stereocenters. The lowest BCUT2D eigenvalue weighted by Crippen LogP contribution is -2.15. The monoisotopic (exact) mass is 222 g/mol. The van der Waals surface area contributed by atoms with Gasteiger partial charge >= 0.3 is 5.97 Å². The number of ether oxygens (including phenoxy) is 1. The number of benzene rings is 1. The minimum Gasteiger partial charge on any atom is -0.467 e. The van der Waals surface area contributed by atoms with E-state index in [9.17, 15) is 9.90 Å². The highest BCUT2D eigenvalue weighted by atomic mass is 16.5. The fraction of sp³-hybridized carbons (Fsp3) is 0.462. The van der Waals surface area contributed by atoms with Crippen molar-refractivity contribution >= 4 is 5.97 Å². The van der Waals surface area contributed by atoms with Crippen molar-refractivity contribution < 1.29 is 14.6 Å². The Labute approximate surface area is 96.1 Å². The van der Waals surface area contributed by atoms with E-state index < -0.39 is 12.1 Å². The van der Waals surface area contributed by atoms with Gasteiger partial charge in [-0.2, -0.15) is 0 Å². The molecule has 0 bridgehead atoms. The minimum atomic E-state index is -1.19. The molecule has 0 heterocycles. The smallest absolute Gasteiger partial charge is 0.339 e. The number of hydrogen-bond acceptors (Lipinski definition) is 3. The summed E-state index contributed by atoms with van der Waals surface area (Å²) < 4.78 is 4.54. The Kier molecular flexibility index (Phi) is 3.70. The Bertz CT molecular complexity index is 422. The topological polar surface area (TPSA) is 46.5 Å². The van der Waals surface area contributed by atoms with Crippen molar-refractivity contribution in [3.05, 3.63) is 33.9 Å². The summed E-state index contributed by atoms with van der Waals surface area (Å²) in [4.78, 5) is 11.3. The van der Waals surface area contributed by atoms with E-state index >= 15 is 0 Å². The lowest BCUT2D eigenvalue weighted by molar-refractivity contribution is -0.150. The Morgan fingerprint density at radius 3 is 2.25 bits per heavy atom. The predicted molar refractivity (Wildman–Crippen MR) is 62.4 cm³/mol. The van der Waals surface area contributed by atoms with Crippen molar-refractivity contribution in [2.24, 2.45) is 0 Å². The van der Waals surface area contributed by atoms with Gasteiger partial charge in [-0.05, 0) is 55.5 Å². The molecule has 0 aliphatic carbocycles. The van der Waals surface area contributed by atoms with Crippen LogP contribution in [0, 0.1) is 27.7 Å². The molecule has 1 aromatic carbocycles. The molecule has 0 saturated carbocycles. The van der Waals surface area contributed by atoms with E-state index in [1.54, 1.807) is 0 Å². The van der Waals surface area contributed by atoms with Gasteiger partial charge in [-0.1, -0.05) is 6.07 Å². The zero-order chi connectivity index (χ0) is 12.5. The van der Waals surface area contributed by atoms with Gasteiger partial charge in [-0.15, -0.1) is 0 Å². The highest BCUT2D eigenvalue weighted by molar-refractivity contribution is 5.77. The molecule has 1 N–H and O–H groups in total. The maximum Gasteiger partial charge on any atom is 0.339 e. The summed E-state index contributed by atoms with van der Waals surface area (Å²) in [6.07, 6.45) is -1.19. The van der Waals surface area contributed by atoms with E-state index in [0.29, 0.717) is 5.56 Å². The van der Waals surface area contributed by atoms with Crippen molar-refractivity contribution in [3.8, 4) is 0 Å². The van der Waals surface area contributed by atoms with Crippen LogP contribution >= 0.6 is 0 Å². The third-order valence-electron chi connectivity index (χ3n) is 3.24. The molecule has 3 nitrogen and oxygen atoms in total. The van der Waals surface area contributed by atoms with Crippen LogP contribution in [0.1, 0.15) is 33.9 Å². The molecule has 0 fully saturated rings. The van der Waals surface area contributed by atoms with Gasteiger partial charge in [-0.25, -0.2) is 4.79 Å². The molecular formula is C13H18O3. The molecule has 0 aliphatic heterocycles. The van der Waals surface area contributed by atoms with E-state index in [2.05, 4.69) is 4.74 Å². The highest BCUT2D eigenvalue weighted by Crippen LogP contribution is 2.26. The second-order valence-corrected chi connectivity index (χ2v) is 4.08. The second kappa shape index (κ2) is 4.66. The number of rotatable bonds is 2. The first kappa shape index (κ1) is 12.7. The average molecular weight is 222 g/mol. The largest absolute Gasteiger partial charge is 0.467 e. The van der Waals surface area contributed by atoms with Crippen molar-refractivity contribution in [2.75, 3.05) is 7.11 Å². The normalized spacial score (nSPS) is 12.4. The van der Waals surface area contributed by atoms with Gasteiger partial charge in [-0.3, -0.25) is 0 Å². The first-order valence-electron chi connectivity index (χ1n) is 5.23. The van der Waals surface area contributed by atoms with Crippen LogP contribution in [0.15, 0.2) is 6.07 Å². The molecule has 1 rings (SSSR count). The zero-order valence-corrected chi connectivity index (χ0v) is 10.4. The quantitative estimate of drug-likeness (QED) is 0.780. The number of aryl methyl sites for hydroxylation is 1. The number of hydrogen-bond donors (Lipinski definition) is 1. The summed E-state index contributed by atoms with van der Waals surface area (Å²) in [5.74, 6) is -0.620. The Morgan fingerprint density at radius 1 is 1.19 bits per heavy atom. The third kappa shape index (κ3) is 2.09. The van der Waals surface area contributed by atoms with E-state index in [-0.39, 0.29) is 0 Å². The Morgan fingerprint density at radius 2 is 1.75 bits per heavy atom. The van der Waals surface area contributed by atoms with E-state index in [0.717, 1.165) is 16.7 Å². The molecule has 0 spiro atoms. The predicted octanol–water partition coefficient (Wildman–Crippen LogP) is 2.13. The van der Waals surface area contributed by atoms with Gasteiger partial charge in [0, 0.05) is 0 Å². The Balaban J connectivity index is 3.30. The first-order valence-corrected chi connectivity index (χ1v) is 5.23. The fourth-order valence-electron chi connectivity index (χ4n) is 1.77. The fourth-order valence-corrected chi connectivity index (χ4v) is 1.77. The summed E-state index contributed by atoms with van der Waals surface area (Å²) in [6.45, 7) is 7.90. The molecule has 0 amide bonds. The van der Waals surface area contributed by atoms with Crippen LogP contribution < -0.4 is 0 Å². The van der Waals surface area contributed by atoms with Crippen LogP contribution in [-0.4, -0.2) is 18.2 Å². The van der Waals surface area contributed by atoms with Crippen molar-refractivity contribution in [1.82, 2.24) is 0 Å². The number of carbonyl (C=O) groups excluding carboxylic acids is 1. The van der Waals surface area contributed by atoms with Gasteiger partial charge in [0.1, 0.15) is 0 Å². The molecule has 0 saturated heterocycles. The van der Waals surface area contributed by atoms with Gasteiger partial charge < -0.3 is 9.84 Å². The summed E-state index contributed by atoms with van der Waals surface area (Å²) in [5.41, 5.74) is 4.95. The summed E-state index contributed by atoms with van der Waals surface area (Å²) in [5, 5.41) is 9.84. The van der Waals surface area contributed by atoms with Crippen molar-refractivity contribution in [3.63, 3.8) is 0 Å². The number of esters is 1. The molecule has 16 heavy (non-hydrogen) atoms. The number of methoxy groups -OCH3 is 1. The second-order valence-electron chi connectivity index (χ2n) is 4.08. The first-order chi connectivity index (χ1) is 7.40. The zero-order valence-electron chi connectivity index (χ0n) is 10.4.